The predicted octanol–water partition coefficient (Wildman–Crippen LogP) is 2.26. The lowest BCUT2D eigenvalue weighted by Gasteiger charge is -1.97. The molecule has 4 heteroatoms. The van der Waals surface area contributed by atoms with Gasteiger partial charge in [-0.25, -0.2) is 0 Å². The van der Waals surface area contributed by atoms with Crippen molar-refractivity contribution < 1.29 is 0 Å². The van der Waals surface area contributed by atoms with Gasteiger partial charge in [0.25, 0.3) is 0 Å². The van der Waals surface area contributed by atoms with Gasteiger partial charge in [-0.05, 0) is 48.1 Å². The van der Waals surface area contributed by atoms with Crippen molar-refractivity contribution >= 4 is 17.2 Å². The zero-order valence-electron chi connectivity index (χ0n) is 6.94. The normalized spacial score (nSPS) is 16.7. The van der Waals surface area contributed by atoms with Gasteiger partial charge in [0, 0.05) is 6.20 Å². The quantitative estimate of drug-likeness (QED) is 0.696. The van der Waals surface area contributed by atoms with E-state index in [0.717, 1.165) is 11.6 Å². The molecule has 1 aliphatic carbocycles. The van der Waals surface area contributed by atoms with Crippen molar-refractivity contribution in [2.75, 3.05) is 0 Å². The Bertz CT molecular complexity index is 459. The lowest BCUT2D eigenvalue weighted by Crippen LogP contribution is -1.86. The number of hydrogen-bond donors (Lipinski definition) is 0. The molecule has 0 saturated heterocycles. The highest BCUT2D eigenvalue weighted by molar-refractivity contribution is 6.28. The molecule has 2 heterocycles. The van der Waals surface area contributed by atoms with Crippen LogP contribution < -0.4 is 0 Å². The van der Waals surface area contributed by atoms with Crippen LogP contribution in [0.5, 0.6) is 0 Å². The zero-order chi connectivity index (χ0) is 8.84. The van der Waals surface area contributed by atoms with Crippen molar-refractivity contribution in [1.82, 2.24) is 14.6 Å². The van der Waals surface area contributed by atoms with Crippen LogP contribution in [0.4, 0.5) is 0 Å². The van der Waals surface area contributed by atoms with Crippen LogP contribution >= 0.6 is 11.6 Å². The fraction of sp³-hybridized carbons (Fsp3) is 0.333. The van der Waals surface area contributed by atoms with Gasteiger partial charge in [-0.1, -0.05) is 0 Å². The Kier molecular flexibility index (Phi) is 1.38. The lowest BCUT2D eigenvalue weighted by atomic mass is 10.2. The van der Waals surface area contributed by atoms with Gasteiger partial charge in [0.05, 0.1) is 0 Å². The van der Waals surface area contributed by atoms with Crippen molar-refractivity contribution in [3.8, 4) is 0 Å². The molecule has 3 nitrogen and oxygen atoms in total. The fourth-order valence-corrected chi connectivity index (χ4v) is 1.73. The highest BCUT2D eigenvalue weighted by Crippen LogP contribution is 2.40. The summed E-state index contributed by atoms with van der Waals surface area (Å²) in [7, 11) is 0. The van der Waals surface area contributed by atoms with E-state index in [2.05, 4.69) is 22.3 Å². The van der Waals surface area contributed by atoms with Gasteiger partial charge in [-0.15, -0.1) is 10.2 Å². The van der Waals surface area contributed by atoms with Crippen LogP contribution in [0.2, 0.25) is 5.28 Å². The van der Waals surface area contributed by atoms with Crippen molar-refractivity contribution in [3.05, 3.63) is 29.2 Å². The SMILES string of the molecule is Clc1nnc2cc(C3CC3)ccn12. The minimum atomic E-state index is 0.428. The van der Waals surface area contributed by atoms with E-state index < -0.39 is 0 Å². The second-order valence-corrected chi connectivity index (χ2v) is 3.77. The first-order valence-electron chi connectivity index (χ1n) is 4.35. The van der Waals surface area contributed by atoms with Crippen LogP contribution in [0.15, 0.2) is 18.3 Å². The molecule has 1 saturated carbocycles. The van der Waals surface area contributed by atoms with Gasteiger partial charge >= 0.3 is 0 Å². The second kappa shape index (κ2) is 2.45. The minimum Gasteiger partial charge on any atom is -0.273 e. The monoisotopic (exact) mass is 193 g/mol. The van der Waals surface area contributed by atoms with Gasteiger partial charge < -0.3 is 0 Å². The smallest absolute Gasteiger partial charge is 0.229 e. The third kappa shape index (κ3) is 1.11. The highest BCUT2D eigenvalue weighted by atomic mass is 35.5. The summed E-state index contributed by atoms with van der Waals surface area (Å²) in [5.74, 6) is 0.750. The molecule has 0 aliphatic heterocycles. The first-order valence-corrected chi connectivity index (χ1v) is 4.72. The molecule has 0 amide bonds. The summed E-state index contributed by atoms with van der Waals surface area (Å²) in [5, 5.41) is 8.19. The van der Waals surface area contributed by atoms with E-state index in [1.165, 1.54) is 18.4 Å². The fourth-order valence-electron chi connectivity index (χ4n) is 1.55. The maximum absolute atomic E-state index is 5.81. The van der Waals surface area contributed by atoms with Gasteiger partial charge in [-0.2, -0.15) is 0 Å². The molecule has 2 aromatic rings. The molecular formula is C9H8ClN3. The Morgan fingerprint density at radius 3 is 3.00 bits per heavy atom. The maximum atomic E-state index is 5.81. The Balaban J connectivity index is 2.21. The average molecular weight is 194 g/mol. The first-order chi connectivity index (χ1) is 6.34. The second-order valence-electron chi connectivity index (χ2n) is 3.43. The largest absolute Gasteiger partial charge is 0.273 e. The molecule has 0 aromatic carbocycles. The van der Waals surface area contributed by atoms with Crippen LogP contribution in [-0.4, -0.2) is 14.6 Å². The van der Waals surface area contributed by atoms with Crippen molar-refractivity contribution in [3.63, 3.8) is 0 Å². The summed E-state index contributed by atoms with van der Waals surface area (Å²) in [6.07, 6.45) is 4.54. The highest BCUT2D eigenvalue weighted by Gasteiger charge is 2.23. The van der Waals surface area contributed by atoms with E-state index in [1.54, 1.807) is 4.40 Å². The molecule has 1 fully saturated rings. The molecule has 0 unspecified atom stereocenters. The summed E-state index contributed by atoms with van der Waals surface area (Å²) in [5.41, 5.74) is 2.20. The Morgan fingerprint density at radius 1 is 1.38 bits per heavy atom. The van der Waals surface area contributed by atoms with Gasteiger partial charge in [0.1, 0.15) is 0 Å². The number of fused-ring (bicyclic) bond motifs is 1. The number of rotatable bonds is 1. The van der Waals surface area contributed by atoms with E-state index in [-0.39, 0.29) is 0 Å². The third-order valence-corrected chi connectivity index (χ3v) is 2.70. The van der Waals surface area contributed by atoms with Crippen LogP contribution in [0.1, 0.15) is 24.3 Å². The zero-order valence-corrected chi connectivity index (χ0v) is 7.70. The maximum Gasteiger partial charge on any atom is 0.229 e. The van der Waals surface area contributed by atoms with Crippen LogP contribution in [0.3, 0.4) is 0 Å². The molecule has 0 atom stereocenters. The number of nitrogens with zero attached hydrogens (tertiary/aromatic N) is 3. The Hall–Kier alpha value is -1.09. The summed E-state index contributed by atoms with van der Waals surface area (Å²) >= 11 is 5.81. The molecule has 1 aliphatic rings. The van der Waals surface area contributed by atoms with E-state index in [0.29, 0.717) is 5.28 Å². The van der Waals surface area contributed by atoms with E-state index in [4.69, 9.17) is 11.6 Å². The topological polar surface area (TPSA) is 30.2 Å². The van der Waals surface area contributed by atoms with Crippen molar-refractivity contribution in [1.29, 1.82) is 0 Å². The number of halogens is 1. The van der Waals surface area contributed by atoms with E-state index >= 15 is 0 Å². The number of pyridine rings is 1. The molecule has 2 aromatic heterocycles. The minimum absolute atomic E-state index is 0.428. The molecule has 0 bridgehead atoms. The Morgan fingerprint density at radius 2 is 2.23 bits per heavy atom. The average Bonchev–Trinajstić information content (AvgIpc) is 2.93. The molecule has 0 spiro atoms. The first kappa shape index (κ1) is 7.33. The molecule has 3 rings (SSSR count). The standard InChI is InChI=1S/C9H8ClN3/c10-9-12-11-8-5-7(6-1-2-6)3-4-13(8)9/h3-6H,1-2H2. The molecular weight excluding hydrogens is 186 g/mol. The lowest BCUT2D eigenvalue weighted by molar-refractivity contribution is 1.09. The molecule has 13 heavy (non-hydrogen) atoms. The van der Waals surface area contributed by atoms with Crippen molar-refractivity contribution in [2.24, 2.45) is 0 Å². The summed E-state index contributed by atoms with van der Waals surface area (Å²) in [4.78, 5) is 0. The number of hydrogen-bond acceptors (Lipinski definition) is 2. The van der Waals surface area contributed by atoms with E-state index in [1.807, 2.05) is 6.20 Å². The van der Waals surface area contributed by atoms with Crippen LogP contribution in [0, 0.1) is 0 Å². The van der Waals surface area contributed by atoms with Gasteiger partial charge in [-0.3, -0.25) is 4.40 Å². The molecule has 0 radical (unpaired) electrons. The third-order valence-electron chi connectivity index (χ3n) is 2.44. The van der Waals surface area contributed by atoms with Crippen LogP contribution in [0.25, 0.3) is 5.65 Å². The summed E-state index contributed by atoms with van der Waals surface area (Å²) in [6, 6.07) is 4.16. The van der Waals surface area contributed by atoms with E-state index in [9.17, 15) is 0 Å². The summed E-state index contributed by atoms with van der Waals surface area (Å²) < 4.78 is 1.79. The van der Waals surface area contributed by atoms with Crippen molar-refractivity contribution in [2.45, 2.75) is 18.8 Å². The Labute approximate surface area is 80.3 Å². The molecule has 66 valence electrons. The number of aromatic nitrogens is 3. The molecule has 0 N–H and O–H groups in total. The predicted molar refractivity (Wildman–Crippen MR) is 50.0 cm³/mol. The van der Waals surface area contributed by atoms with Gasteiger partial charge in [0.15, 0.2) is 5.65 Å². The summed E-state index contributed by atoms with van der Waals surface area (Å²) in [6.45, 7) is 0. The van der Waals surface area contributed by atoms with Gasteiger partial charge in [0.2, 0.25) is 5.28 Å². The van der Waals surface area contributed by atoms with Crippen LogP contribution in [-0.2, 0) is 0 Å².